The third kappa shape index (κ3) is 3.01. The number of aromatic nitrogens is 3. The minimum absolute atomic E-state index is 0.210. The molecule has 0 bridgehead atoms. The van der Waals surface area contributed by atoms with Gasteiger partial charge in [-0.05, 0) is 18.2 Å². The second kappa shape index (κ2) is 5.90. The molecule has 0 spiro atoms. The summed E-state index contributed by atoms with van der Waals surface area (Å²) in [5, 5.41) is 26.3. The molecule has 0 aliphatic carbocycles. The van der Waals surface area contributed by atoms with E-state index in [1.54, 1.807) is 12.5 Å². The fourth-order valence-corrected chi connectivity index (χ4v) is 2.07. The van der Waals surface area contributed by atoms with E-state index in [9.17, 15) is 5.11 Å². The Morgan fingerprint density at radius 1 is 1.19 bits per heavy atom. The third-order valence-electron chi connectivity index (χ3n) is 3.11. The lowest BCUT2D eigenvalue weighted by atomic mass is 10.1. The number of rotatable bonds is 5. The van der Waals surface area contributed by atoms with E-state index in [4.69, 9.17) is 9.52 Å². The highest BCUT2D eigenvalue weighted by molar-refractivity contribution is 5.68. The fourth-order valence-electron chi connectivity index (χ4n) is 2.07. The van der Waals surface area contributed by atoms with Crippen molar-refractivity contribution in [3.63, 3.8) is 0 Å². The fraction of sp³-hybridized carbons (Fsp3) is 0.200. The van der Waals surface area contributed by atoms with Crippen molar-refractivity contribution < 1.29 is 14.6 Å². The van der Waals surface area contributed by atoms with Gasteiger partial charge in [-0.15, -0.1) is 5.10 Å². The molecule has 6 nitrogen and oxygen atoms in total. The summed E-state index contributed by atoms with van der Waals surface area (Å²) in [4.78, 5) is 0. The molecular formula is C15H15N3O3. The second-order valence-corrected chi connectivity index (χ2v) is 4.72. The zero-order valence-electron chi connectivity index (χ0n) is 11.3. The van der Waals surface area contributed by atoms with Crippen LogP contribution >= 0.6 is 0 Å². The van der Waals surface area contributed by atoms with Crippen molar-refractivity contribution in [2.45, 2.75) is 12.6 Å². The van der Waals surface area contributed by atoms with Crippen molar-refractivity contribution in [3.05, 3.63) is 48.9 Å². The molecule has 0 unspecified atom stereocenters. The van der Waals surface area contributed by atoms with E-state index in [-0.39, 0.29) is 13.2 Å². The molecule has 108 valence electrons. The molecule has 0 radical (unpaired) electrons. The Balaban J connectivity index is 1.86. The smallest absolute Gasteiger partial charge is 0.133 e. The predicted octanol–water partition coefficient (Wildman–Crippen LogP) is 1.56. The van der Waals surface area contributed by atoms with Crippen LogP contribution in [0.15, 0.2) is 53.3 Å². The van der Waals surface area contributed by atoms with Gasteiger partial charge in [0, 0.05) is 11.1 Å². The molecule has 1 aromatic carbocycles. The molecule has 3 rings (SSSR count). The third-order valence-corrected chi connectivity index (χ3v) is 3.11. The first-order valence-corrected chi connectivity index (χ1v) is 6.59. The highest BCUT2D eigenvalue weighted by Crippen LogP contribution is 2.25. The Morgan fingerprint density at radius 3 is 2.81 bits per heavy atom. The maximum Gasteiger partial charge on any atom is 0.133 e. The average molecular weight is 285 g/mol. The Hall–Kier alpha value is -2.44. The molecule has 2 aromatic heterocycles. The van der Waals surface area contributed by atoms with Crippen LogP contribution in [0.1, 0.15) is 0 Å². The van der Waals surface area contributed by atoms with E-state index in [1.807, 2.05) is 36.4 Å². The van der Waals surface area contributed by atoms with Crippen LogP contribution in [0, 0.1) is 0 Å². The summed E-state index contributed by atoms with van der Waals surface area (Å²) in [5.74, 6) is 0.792. The van der Waals surface area contributed by atoms with Gasteiger partial charge in [-0.2, -0.15) is 0 Å². The number of furan rings is 1. The van der Waals surface area contributed by atoms with Gasteiger partial charge in [-0.25, -0.2) is 4.68 Å². The van der Waals surface area contributed by atoms with E-state index >= 15 is 0 Å². The zero-order chi connectivity index (χ0) is 14.7. The van der Waals surface area contributed by atoms with E-state index in [0.29, 0.717) is 5.69 Å². The molecule has 21 heavy (non-hydrogen) atoms. The van der Waals surface area contributed by atoms with Gasteiger partial charge in [-0.1, -0.05) is 23.4 Å². The minimum Gasteiger partial charge on any atom is -0.464 e. The van der Waals surface area contributed by atoms with Crippen molar-refractivity contribution in [1.29, 1.82) is 0 Å². The standard InChI is InChI=1S/C15H15N3O3/c19-10-13(20)8-18-9-14(16-17-18)11-3-1-4-12(7-11)15-5-2-6-21-15/h1-7,9,13,19-20H,8,10H2/t13-/m0/s1. The van der Waals surface area contributed by atoms with E-state index in [1.165, 1.54) is 4.68 Å². The summed E-state index contributed by atoms with van der Waals surface area (Å²) >= 11 is 0. The van der Waals surface area contributed by atoms with Crippen LogP contribution in [0.3, 0.4) is 0 Å². The van der Waals surface area contributed by atoms with Crippen molar-refractivity contribution in [2.75, 3.05) is 6.61 Å². The number of aliphatic hydroxyl groups is 2. The first-order valence-electron chi connectivity index (χ1n) is 6.59. The van der Waals surface area contributed by atoms with Crippen LogP contribution in [0.5, 0.6) is 0 Å². The van der Waals surface area contributed by atoms with Gasteiger partial charge in [0.2, 0.25) is 0 Å². The Kier molecular flexibility index (Phi) is 3.81. The van der Waals surface area contributed by atoms with Gasteiger partial charge in [0.05, 0.1) is 31.7 Å². The lowest BCUT2D eigenvalue weighted by Gasteiger charge is -2.05. The average Bonchev–Trinajstić information content (AvgIpc) is 3.19. The Labute approximate surface area is 121 Å². The maximum absolute atomic E-state index is 9.41. The van der Waals surface area contributed by atoms with Crippen molar-refractivity contribution in [2.24, 2.45) is 0 Å². The summed E-state index contributed by atoms with van der Waals surface area (Å²) < 4.78 is 6.89. The molecule has 0 aliphatic rings. The molecule has 0 saturated heterocycles. The van der Waals surface area contributed by atoms with Crippen LogP contribution in [0.25, 0.3) is 22.6 Å². The van der Waals surface area contributed by atoms with Gasteiger partial charge < -0.3 is 14.6 Å². The summed E-state index contributed by atoms with van der Waals surface area (Å²) in [5.41, 5.74) is 2.57. The van der Waals surface area contributed by atoms with Crippen LogP contribution in [0.4, 0.5) is 0 Å². The lowest BCUT2D eigenvalue weighted by Crippen LogP contribution is -2.20. The van der Waals surface area contributed by atoms with Gasteiger partial charge in [0.15, 0.2) is 0 Å². The molecule has 2 N–H and O–H groups in total. The van der Waals surface area contributed by atoms with E-state index < -0.39 is 6.10 Å². The molecular weight excluding hydrogens is 270 g/mol. The van der Waals surface area contributed by atoms with Crippen molar-refractivity contribution >= 4 is 0 Å². The number of hydrogen-bond acceptors (Lipinski definition) is 5. The van der Waals surface area contributed by atoms with Crippen LogP contribution in [-0.2, 0) is 6.54 Å². The van der Waals surface area contributed by atoms with Gasteiger partial charge in [0.25, 0.3) is 0 Å². The quantitative estimate of drug-likeness (QED) is 0.743. The summed E-state index contributed by atoms with van der Waals surface area (Å²) in [6.45, 7) is -0.0927. The minimum atomic E-state index is -0.839. The molecule has 2 heterocycles. The summed E-state index contributed by atoms with van der Waals surface area (Å²) in [6, 6.07) is 11.5. The molecule has 0 saturated carbocycles. The SMILES string of the molecule is OC[C@@H](O)Cn1cc(-c2cccc(-c3ccco3)c2)nn1. The molecule has 6 heteroatoms. The molecule has 0 aliphatic heterocycles. The van der Waals surface area contributed by atoms with E-state index in [0.717, 1.165) is 16.9 Å². The first kappa shape index (κ1) is 13.5. The normalized spacial score (nSPS) is 12.5. The van der Waals surface area contributed by atoms with Gasteiger partial charge >= 0.3 is 0 Å². The second-order valence-electron chi connectivity index (χ2n) is 4.72. The molecule has 0 fully saturated rings. The van der Waals surface area contributed by atoms with Crippen molar-refractivity contribution in [1.82, 2.24) is 15.0 Å². The largest absolute Gasteiger partial charge is 0.464 e. The molecule has 1 atom stereocenters. The lowest BCUT2D eigenvalue weighted by molar-refractivity contribution is 0.0778. The Morgan fingerprint density at radius 2 is 2.05 bits per heavy atom. The number of hydrogen-bond donors (Lipinski definition) is 2. The Bertz CT molecular complexity index is 707. The van der Waals surface area contributed by atoms with E-state index in [2.05, 4.69) is 10.3 Å². The highest BCUT2D eigenvalue weighted by Gasteiger charge is 2.09. The number of nitrogens with zero attached hydrogens (tertiary/aromatic N) is 3. The van der Waals surface area contributed by atoms with Gasteiger partial charge in [-0.3, -0.25) is 0 Å². The number of aliphatic hydroxyl groups excluding tert-OH is 2. The zero-order valence-corrected chi connectivity index (χ0v) is 11.3. The van der Waals surface area contributed by atoms with Crippen molar-refractivity contribution in [3.8, 4) is 22.6 Å². The summed E-state index contributed by atoms with van der Waals surface area (Å²) in [6.07, 6.45) is 2.53. The topological polar surface area (TPSA) is 84.3 Å². The number of benzene rings is 1. The predicted molar refractivity (Wildman–Crippen MR) is 76.3 cm³/mol. The summed E-state index contributed by atoms with van der Waals surface area (Å²) in [7, 11) is 0. The molecule has 0 amide bonds. The van der Waals surface area contributed by atoms with Crippen LogP contribution < -0.4 is 0 Å². The first-order chi connectivity index (χ1) is 10.3. The van der Waals surface area contributed by atoms with Gasteiger partial charge in [0.1, 0.15) is 11.5 Å². The molecule has 3 aromatic rings. The maximum atomic E-state index is 9.41. The highest BCUT2D eigenvalue weighted by atomic mass is 16.3. The monoisotopic (exact) mass is 285 g/mol. The van der Waals surface area contributed by atoms with Crippen LogP contribution in [0.2, 0.25) is 0 Å². The van der Waals surface area contributed by atoms with Crippen LogP contribution in [-0.4, -0.2) is 37.9 Å².